The Hall–Kier alpha value is -2.26. The fourth-order valence-electron chi connectivity index (χ4n) is 2.95. The molecule has 0 aliphatic carbocycles. The normalized spacial score (nSPS) is 12.9. The fraction of sp³-hybridized carbons (Fsp3) is 0.211. The molecule has 2 N–H and O–H groups in total. The van der Waals surface area contributed by atoms with Crippen LogP contribution >= 0.6 is 11.6 Å². The van der Waals surface area contributed by atoms with Crippen LogP contribution in [0.1, 0.15) is 0 Å². The smallest absolute Gasteiger partial charge is 0.244 e. The van der Waals surface area contributed by atoms with Gasteiger partial charge in [0.15, 0.2) is 0 Å². The van der Waals surface area contributed by atoms with Gasteiger partial charge in [-0.2, -0.15) is 0 Å². The Bertz CT molecular complexity index is 1160. The third-order valence-corrected chi connectivity index (χ3v) is 6.51. The van der Waals surface area contributed by atoms with E-state index in [1.807, 2.05) is 24.3 Å². The van der Waals surface area contributed by atoms with Gasteiger partial charge in [-0.3, -0.25) is 4.98 Å². The molecule has 3 rings (SSSR count). The summed E-state index contributed by atoms with van der Waals surface area (Å²) in [7, 11) is -0.752. The summed E-state index contributed by atoms with van der Waals surface area (Å²) >= 11 is 6.61. The average molecular weight is 423 g/mol. The highest BCUT2D eigenvalue weighted by Gasteiger charge is 2.22. The van der Waals surface area contributed by atoms with Crippen LogP contribution in [0.25, 0.3) is 22.0 Å². The molecule has 0 spiro atoms. The molecule has 0 amide bonds. The Balaban J connectivity index is 2.23. The Kier molecular flexibility index (Phi) is 5.85. The second kappa shape index (κ2) is 8.00. The van der Waals surface area contributed by atoms with Crippen molar-refractivity contribution in [2.24, 2.45) is 5.73 Å². The van der Waals surface area contributed by atoms with E-state index in [9.17, 15) is 12.8 Å². The van der Waals surface area contributed by atoms with Crippen LogP contribution in [0.4, 0.5) is 4.39 Å². The molecule has 0 atom stereocenters. The molecule has 0 aliphatic rings. The number of nitrogens with two attached hydrogens (primary N) is 1. The van der Waals surface area contributed by atoms with Gasteiger partial charge >= 0.3 is 0 Å². The number of aromatic nitrogens is 2. The number of para-hydroxylation sites is 1. The summed E-state index contributed by atoms with van der Waals surface area (Å²) in [6.07, 6.45) is 4.12. The highest BCUT2D eigenvalue weighted by molar-refractivity contribution is 7.89. The lowest BCUT2D eigenvalue weighted by molar-refractivity contribution is 0.520. The zero-order chi connectivity index (χ0) is 20.5. The Morgan fingerprint density at radius 2 is 2.04 bits per heavy atom. The summed E-state index contributed by atoms with van der Waals surface area (Å²) < 4.78 is 41.8. The van der Waals surface area contributed by atoms with Gasteiger partial charge in [0.05, 0.1) is 12.1 Å². The predicted octanol–water partition coefficient (Wildman–Crippen LogP) is 3.42. The largest absolute Gasteiger partial charge is 0.327 e. The topological polar surface area (TPSA) is 81.2 Å². The van der Waals surface area contributed by atoms with Crippen molar-refractivity contribution in [3.63, 3.8) is 0 Å². The third-order valence-electron chi connectivity index (χ3n) is 4.34. The van der Waals surface area contributed by atoms with Crippen molar-refractivity contribution in [3.05, 3.63) is 59.8 Å². The summed E-state index contributed by atoms with van der Waals surface area (Å²) in [5.74, 6) is -0.404. The van der Waals surface area contributed by atoms with Crippen LogP contribution in [0.2, 0.25) is 5.15 Å². The summed E-state index contributed by atoms with van der Waals surface area (Å²) in [5.41, 5.74) is 7.24. The minimum atomic E-state index is -3.66. The molecule has 1 aromatic carbocycles. The number of allylic oxidation sites excluding steroid dienone is 1. The molecule has 0 fully saturated rings. The summed E-state index contributed by atoms with van der Waals surface area (Å²) in [6, 6.07) is 8.87. The van der Waals surface area contributed by atoms with Crippen molar-refractivity contribution in [1.82, 2.24) is 13.9 Å². The lowest BCUT2D eigenvalue weighted by Gasteiger charge is -2.12. The summed E-state index contributed by atoms with van der Waals surface area (Å²) in [5, 5.41) is 1.07. The Morgan fingerprint density at radius 1 is 1.32 bits per heavy atom. The summed E-state index contributed by atoms with van der Waals surface area (Å²) in [4.78, 5) is 4.13. The number of hydrogen-bond donors (Lipinski definition) is 1. The molecule has 0 aliphatic heterocycles. The lowest BCUT2D eigenvalue weighted by Crippen LogP contribution is -2.22. The molecular weight excluding hydrogens is 403 g/mol. The molecular formula is C19H20ClFN4O2S. The van der Waals surface area contributed by atoms with E-state index in [1.165, 1.54) is 32.4 Å². The maximum absolute atomic E-state index is 14.1. The van der Waals surface area contributed by atoms with Crippen LogP contribution in [0.3, 0.4) is 0 Å². The van der Waals surface area contributed by atoms with E-state index in [0.717, 1.165) is 15.2 Å². The van der Waals surface area contributed by atoms with Crippen molar-refractivity contribution < 1.29 is 12.8 Å². The third kappa shape index (κ3) is 3.68. The van der Waals surface area contributed by atoms with Crippen molar-refractivity contribution in [3.8, 4) is 11.1 Å². The van der Waals surface area contributed by atoms with Crippen molar-refractivity contribution in [1.29, 1.82) is 0 Å². The van der Waals surface area contributed by atoms with Crippen molar-refractivity contribution in [2.45, 2.75) is 11.4 Å². The fourth-order valence-corrected chi connectivity index (χ4v) is 4.21. The number of nitrogens with zero attached hydrogens (tertiary/aromatic N) is 3. The quantitative estimate of drug-likeness (QED) is 0.660. The first-order valence-electron chi connectivity index (χ1n) is 8.46. The second-order valence-corrected chi connectivity index (χ2v) is 8.86. The van der Waals surface area contributed by atoms with Crippen molar-refractivity contribution in [2.75, 3.05) is 20.6 Å². The van der Waals surface area contributed by atoms with Gasteiger partial charge in [0.25, 0.3) is 0 Å². The van der Waals surface area contributed by atoms with Crippen LogP contribution < -0.4 is 5.73 Å². The minimum Gasteiger partial charge on any atom is -0.327 e. The lowest BCUT2D eigenvalue weighted by atomic mass is 10.1. The van der Waals surface area contributed by atoms with Gasteiger partial charge in [0.1, 0.15) is 15.9 Å². The monoisotopic (exact) mass is 422 g/mol. The van der Waals surface area contributed by atoms with Gasteiger partial charge < -0.3 is 10.3 Å². The van der Waals surface area contributed by atoms with E-state index >= 15 is 0 Å². The molecule has 0 bridgehead atoms. The maximum Gasteiger partial charge on any atom is 0.244 e. The molecule has 0 radical (unpaired) electrons. The maximum atomic E-state index is 14.1. The van der Waals surface area contributed by atoms with Crippen LogP contribution in [-0.2, 0) is 16.6 Å². The minimum absolute atomic E-state index is 0.0529. The molecule has 28 heavy (non-hydrogen) atoms. The SMILES string of the molecule is CN(C)S(=O)(=O)c1cncc(-c2c(Cl)n(C/C(F)=C/CN)c3ccccc23)c1. The number of pyridine rings is 1. The number of sulfonamides is 1. The first-order valence-corrected chi connectivity index (χ1v) is 10.3. The van der Waals surface area contributed by atoms with E-state index < -0.39 is 15.9 Å². The molecule has 3 aromatic rings. The van der Waals surface area contributed by atoms with Crippen molar-refractivity contribution >= 4 is 32.5 Å². The average Bonchev–Trinajstić information content (AvgIpc) is 2.94. The van der Waals surface area contributed by atoms with E-state index in [2.05, 4.69) is 4.98 Å². The first kappa shape index (κ1) is 20.5. The van der Waals surface area contributed by atoms with Gasteiger partial charge in [-0.15, -0.1) is 0 Å². The molecule has 0 saturated carbocycles. The van der Waals surface area contributed by atoms with E-state index in [1.54, 1.807) is 10.8 Å². The summed E-state index contributed by atoms with van der Waals surface area (Å²) in [6.45, 7) is 0.0174. The van der Waals surface area contributed by atoms with Crippen LogP contribution in [0.5, 0.6) is 0 Å². The van der Waals surface area contributed by atoms with Crippen LogP contribution in [0, 0.1) is 0 Å². The molecule has 148 valence electrons. The van der Waals surface area contributed by atoms with Gasteiger partial charge in [0.2, 0.25) is 10.0 Å². The zero-order valence-corrected chi connectivity index (χ0v) is 17.0. The number of halogens is 2. The number of fused-ring (bicyclic) bond motifs is 1. The van der Waals surface area contributed by atoms with E-state index in [-0.39, 0.29) is 18.0 Å². The highest BCUT2D eigenvalue weighted by atomic mass is 35.5. The first-order chi connectivity index (χ1) is 13.3. The highest BCUT2D eigenvalue weighted by Crippen LogP contribution is 2.39. The Morgan fingerprint density at radius 3 is 2.71 bits per heavy atom. The second-order valence-electron chi connectivity index (χ2n) is 6.35. The predicted molar refractivity (Wildman–Crippen MR) is 109 cm³/mol. The number of benzene rings is 1. The zero-order valence-electron chi connectivity index (χ0n) is 15.4. The molecule has 9 heteroatoms. The molecule has 2 heterocycles. The van der Waals surface area contributed by atoms with Gasteiger partial charge in [0, 0.05) is 49.5 Å². The number of hydrogen-bond acceptors (Lipinski definition) is 4. The standard InChI is InChI=1S/C19H20ClFN4O2S/c1-24(2)28(26,27)15-9-13(10-23-11-15)18-16-5-3-4-6-17(16)25(19(18)20)12-14(21)7-8-22/h3-7,9-11H,8,12,22H2,1-2H3/b14-7-. The molecule has 0 unspecified atom stereocenters. The van der Waals surface area contributed by atoms with E-state index in [4.69, 9.17) is 17.3 Å². The van der Waals surface area contributed by atoms with Gasteiger partial charge in [-0.05, 0) is 18.2 Å². The van der Waals surface area contributed by atoms with Crippen LogP contribution in [-0.4, -0.2) is 42.9 Å². The molecule has 0 saturated heterocycles. The number of rotatable bonds is 6. The van der Waals surface area contributed by atoms with Gasteiger partial charge in [-0.25, -0.2) is 17.1 Å². The van der Waals surface area contributed by atoms with E-state index in [0.29, 0.717) is 16.3 Å². The molecule has 6 nitrogen and oxygen atoms in total. The molecule has 2 aromatic heterocycles. The Labute approximate surface area is 168 Å². The van der Waals surface area contributed by atoms with Crippen LogP contribution in [0.15, 0.2) is 59.5 Å². The van der Waals surface area contributed by atoms with Gasteiger partial charge in [-0.1, -0.05) is 29.8 Å².